The minimum atomic E-state index is -0.219. The molecule has 0 fully saturated rings. The topological polar surface area (TPSA) is 67.0 Å². The second-order valence-electron chi connectivity index (χ2n) is 5.79. The maximum absolute atomic E-state index is 12.7. The molecular formula is C20H21N3O2. The van der Waals surface area contributed by atoms with Crippen LogP contribution in [0.4, 0.5) is 5.69 Å². The van der Waals surface area contributed by atoms with Crippen LogP contribution in [-0.2, 0) is 4.79 Å². The van der Waals surface area contributed by atoms with E-state index < -0.39 is 0 Å². The van der Waals surface area contributed by atoms with E-state index in [4.69, 9.17) is 4.74 Å². The van der Waals surface area contributed by atoms with Crippen molar-refractivity contribution in [2.75, 3.05) is 12.4 Å². The summed E-state index contributed by atoms with van der Waals surface area (Å²) in [5.74, 6) is 0.517. The predicted octanol–water partition coefficient (Wildman–Crippen LogP) is 4.22. The van der Waals surface area contributed by atoms with E-state index in [1.165, 1.54) is 0 Å². The zero-order chi connectivity index (χ0) is 17.6. The number of ether oxygens (including phenoxy) is 1. The fourth-order valence-electron chi connectivity index (χ4n) is 2.81. The second-order valence-corrected chi connectivity index (χ2v) is 5.79. The molecule has 5 heteroatoms. The van der Waals surface area contributed by atoms with Gasteiger partial charge in [-0.3, -0.25) is 9.89 Å². The van der Waals surface area contributed by atoms with Gasteiger partial charge in [-0.1, -0.05) is 31.2 Å². The van der Waals surface area contributed by atoms with Crippen molar-refractivity contribution in [1.29, 1.82) is 0 Å². The first-order chi connectivity index (χ1) is 12.2. The highest BCUT2D eigenvalue weighted by Crippen LogP contribution is 2.26. The van der Waals surface area contributed by atoms with E-state index in [0.29, 0.717) is 6.42 Å². The first-order valence-electron chi connectivity index (χ1n) is 8.25. The van der Waals surface area contributed by atoms with Gasteiger partial charge >= 0.3 is 0 Å². The lowest BCUT2D eigenvalue weighted by molar-refractivity contribution is -0.117. The van der Waals surface area contributed by atoms with Gasteiger partial charge in [0.2, 0.25) is 5.91 Å². The molecule has 1 unspecified atom stereocenters. The van der Waals surface area contributed by atoms with Gasteiger partial charge in [0.15, 0.2) is 0 Å². The molecule has 1 heterocycles. The van der Waals surface area contributed by atoms with E-state index in [2.05, 4.69) is 15.5 Å². The highest BCUT2D eigenvalue weighted by molar-refractivity contribution is 5.96. The third kappa shape index (κ3) is 3.88. The van der Waals surface area contributed by atoms with Crippen molar-refractivity contribution >= 4 is 11.6 Å². The molecule has 0 aliphatic rings. The molecule has 0 saturated carbocycles. The molecule has 1 atom stereocenters. The normalized spacial score (nSPS) is 11.8. The number of rotatable bonds is 6. The first-order valence-corrected chi connectivity index (χ1v) is 8.25. The zero-order valence-corrected chi connectivity index (χ0v) is 14.3. The van der Waals surface area contributed by atoms with E-state index in [9.17, 15) is 4.79 Å². The number of hydrogen-bond acceptors (Lipinski definition) is 3. The molecule has 3 aromatic rings. The minimum absolute atomic E-state index is 0.0215. The maximum atomic E-state index is 12.7. The van der Waals surface area contributed by atoms with Crippen molar-refractivity contribution in [3.8, 4) is 16.9 Å². The summed E-state index contributed by atoms with van der Waals surface area (Å²) < 4.78 is 5.26. The van der Waals surface area contributed by atoms with Gasteiger partial charge in [0, 0.05) is 17.4 Å². The lowest BCUT2D eigenvalue weighted by Crippen LogP contribution is -2.20. The highest BCUT2D eigenvalue weighted by atomic mass is 16.5. The van der Waals surface area contributed by atoms with Crippen LogP contribution in [0.2, 0.25) is 0 Å². The van der Waals surface area contributed by atoms with E-state index in [1.807, 2.05) is 61.7 Å². The van der Waals surface area contributed by atoms with Crippen molar-refractivity contribution in [3.05, 3.63) is 66.5 Å². The van der Waals surface area contributed by atoms with Crippen LogP contribution in [0.15, 0.2) is 60.9 Å². The largest absolute Gasteiger partial charge is 0.497 e. The van der Waals surface area contributed by atoms with Crippen molar-refractivity contribution in [1.82, 2.24) is 10.2 Å². The van der Waals surface area contributed by atoms with Gasteiger partial charge < -0.3 is 10.1 Å². The summed E-state index contributed by atoms with van der Waals surface area (Å²) in [6.45, 7) is 2.01. The summed E-state index contributed by atoms with van der Waals surface area (Å²) in [5, 5.41) is 9.74. The number of carbonyl (C=O) groups excluding carboxylic acids is 1. The van der Waals surface area contributed by atoms with Crippen LogP contribution in [0.25, 0.3) is 11.1 Å². The zero-order valence-electron chi connectivity index (χ0n) is 14.3. The van der Waals surface area contributed by atoms with Gasteiger partial charge in [0.25, 0.3) is 0 Å². The monoisotopic (exact) mass is 335 g/mol. The number of anilines is 1. The second kappa shape index (κ2) is 7.66. The Hall–Kier alpha value is -3.08. The Balaban J connectivity index is 1.73. The summed E-state index contributed by atoms with van der Waals surface area (Å²) in [7, 11) is 1.63. The maximum Gasteiger partial charge on any atom is 0.231 e. The molecule has 0 saturated heterocycles. The molecular weight excluding hydrogens is 314 g/mol. The molecule has 1 amide bonds. The smallest absolute Gasteiger partial charge is 0.231 e. The molecule has 5 nitrogen and oxygen atoms in total. The highest BCUT2D eigenvalue weighted by Gasteiger charge is 2.19. The standard InChI is InChI=1S/C20H21N3O2/c1-3-19(15-5-4-6-18(11-15)25-2)20(24)23-17-9-7-14(8-10-17)16-12-21-22-13-16/h4-13,19H,3H2,1-2H3,(H,21,22)(H,23,24). The summed E-state index contributed by atoms with van der Waals surface area (Å²) in [4.78, 5) is 12.7. The Morgan fingerprint density at radius 2 is 2.00 bits per heavy atom. The SMILES string of the molecule is CCC(C(=O)Nc1ccc(-c2cn[nH]c2)cc1)c1cccc(OC)c1. The molecule has 0 aliphatic carbocycles. The molecule has 25 heavy (non-hydrogen) atoms. The third-order valence-corrected chi connectivity index (χ3v) is 4.20. The predicted molar refractivity (Wildman–Crippen MR) is 98.7 cm³/mol. The molecule has 3 rings (SSSR count). The summed E-state index contributed by atoms with van der Waals surface area (Å²) >= 11 is 0. The van der Waals surface area contributed by atoms with Crippen molar-refractivity contribution in [3.63, 3.8) is 0 Å². The quantitative estimate of drug-likeness (QED) is 0.709. The number of nitrogens with one attached hydrogen (secondary N) is 2. The van der Waals surface area contributed by atoms with E-state index in [0.717, 1.165) is 28.1 Å². The van der Waals surface area contributed by atoms with Gasteiger partial charge in [0.1, 0.15) is 5.75 Å². The number of amides is 1. The van der Waals surface area contributed by atoms with Gasteiger partial charge in [0.05, 0.1) is 19.2 Å². The van der Waals surface area contributed by atoms with Gasteiger partial charge in [-0.15, -0.1) is 0 Å². The number of aromatic amines is 1. The molecule has 0 bridgehead atoms. The molecule has 2 aromatic carbocycles. The Bertz CT molecular complexity index is 826. The van der Waals surface area contributed by atoms with Gasteiger partial charge in [-0.2, -0.15) is 5.10 Å². The van der Waals surface area contributed by atoms with Crippen molar-refractivity contribution in [2.24, 2.45) is 0 Å². The first kappa shape index (κ1) is 16.8. The van der Waals surface area contributed by atoms with Gasteiger partial charge in [-0.25, -0.2) is 0 Å². The summed E-state index contributed by atoms with van der Waals surface area (Å²) in [5.41, 5.74) is 3.79. The number of methoxy groups -OCH3 is 1. The van der Waals surface area contributed by atoms with Crippen LogP contribution in [0, 0.1) is 0 Å². The molecule has 128 valence electrons. The minimum Gasteiger partial charge on any atom is -0.497 e. The number of H-pyrrole nitrogens is 1. The lowest BCUT2D eigenvalue weighted by atomic mass is 9.95. The Morgan fingerprint density at radius 1 is 1.20 bits per heavy atom. The van der Waals surface area contributed by atoms with E-state index in [-0.39, 0.29) is 11.8 Å². The average Bonchev–Trinajstić information content (AvgIpc) is 3.18. The molecule has 0 radical (unpaired) electrons. The lowest BCUT2D eigenvalue weighted by Gasteiger charge is -2.16. The van der Waals surface area contributed by atoms with Crippen molar-refractivity contribution < 1.29 is 9.53 Å². The molecule has 0 aliphatic heterocycles. The number of carbonyl (C=O) groups is 1. The number of aromatic nitrogens is 2. The Labute approximate surface area is 147 Å². The summed E-state index contributed by atoms with van der Waals surface area (Å²) in [6.07, 6.45) is 4.32. The Morgan fingerprint density at radius 3 is 2.64 bits per heavy atom. The van der Waals surface area contributed by atoms with Crippen LogP contribution < -0.4 is 10.1 Å². The van der Waals surface area contributed by atoms with E-state index in [1.54, 1.807) is 13.3 Å². The molecule has 0 spiro atoms. The van der Waals surface area contributed by atoms with Crippen LogP contribution in [0.1, 0.15) is 24.8 Å². The van der Waals surface area contributed by atoms with Crippen molar-refractivity contribution in [2.45, 2.75) is 19.3 Å². The fraction of sp³-hybridized carbons (Fsp3) is 0.200. The fourth-order valence-corrected chi connectivity index (χ4v) is 2.81. The molecule has 2 N–H and O–H groups in total. The molecule has 1 aromatic heterocycles. The van der Waals surface area contributed by atoms with Crippen LogP contribution in [-0.4, -0.2) is 23.2 Å². The third-order valence-electron chi connectivity index (χ3n) is 4.20. The van der Waals surface area contributed by atoms with E-state index >= 15 is 0 Å². The van der Waals surface area contributed by atoms with Crippen LogP contribution >= 0.6 is 0 Å². The van der Waals surface area contributed by atoms with Gasteiger partial charge in [-0.05, 0) is 41.8 Å². The van der Waals surface area contributed by atoms with Crippen LogP contribution in [0.5, 0.6) is 5.75 Å². The number of nitrogens with zero attached hydrogens (tertiary/aromatic N) is 1. The Kier molecular flexibility index (Phi) is 5.14. The van der Waals surface area contributed by atoms with Crippen LogP contribution in [0.3, 0.4) is 0 Å². The summed E-state index contributed by atoms with van der Waals surface area (Å²) in [6, 6.07) is 15.4. The number of hydrogen-bond donors (Lipinski definition) is 2. The average molecular weight is 335 g/mol. The number of benzene rings is 2.